The van der Waals surface area contributed by atoms with Crippen molar-refractivity contribution >= 4 is 17.7 Å². The SMILES string of the molecule is C[C@@H]1CCCC[C@@H]1NC(=O)/C(C#N)=C/c1ccc(N(C)C)cc1. The van der Waals surface area contributed by atoms with Crippen molar-refractivity contribution in [1.82, 2.24) is 5.32 Å². The standard InChI is InChI=1S/C19H25N3O/c1-14-6-4-5-7-18(14)21-19(23)16(13-20)12-15-8-10-17(11-9-15)22(2)3/h8-12,14,18H,4-7H2,1-3H3,(H,21,23)/b16-12+/t14-,18+/m1/s1. The zero-order chi connectivity index (χ0) is 16.8. The highest BCUT2D eigenvalue weighted by Gasteiger charge is 2.23. The van der Waals surface area contributed by atoms with Gasteiger partial charge in [-0.3, -0.25) is 4.79 Å². The molecule has 0 heterocycles. The second kappa shape index (κ2) is 7.82. The number of benzene rings is 1. The number of hydrogen-bond donors (Lipinski definition) is 1. The Hall–Kier alpha value is -2.28. The molecule has 23 heavy (non-hydrogen) atoms. The Labute approximate surface area is 138 Å². The number of nitrogens with one attached hydrogen (secondary N) is 1. The lowest BCUT2D eigenvalue weighted by Gasteiger charge is -2.29. The molecule has 1 aromatic carbocycles. The smallest absolute Gasteiger partial charge is 0.262 e. The molecular weight excluding hydrogens is 286 g/mol. The van der Waals surface area contributed by atoms with Crippen molar-refractivity contribution < 1.29 is 4.79 Å². The van der Waals surface area contributed by atoms with E-state index in [2.05, 4.69) is 12.2 Å². The van der Waals surface area contributed by atoms with Crippen LogP contribution in [0.1, 0.15) is 38.2 Å². The summed E-state index contributed by atoms with van der Waals surface area (Å²) in [6.45, 7) is 2.17. The molecule has 2 atom stereocenters. The highest BCUT2D eigenvalue weighted by atomic mass is 16.1. The highest BCUT2D eigenvalue weighted by molar-refractivity contribution is 6.01. The van der Waals surface area contributed by atoms with Gasteiger partial charge >= 0.3 is 0 Å². The lowest BCUT2D eigenvalue weighted by molar-refractivity contribution is -0.118. The second-order valence-electron chi connectivity index (χ2n) is 6.50. The van der Waals surface area contributed by atoms with E-state index in [1.807, 2.05) is 49.3 Å². The molecule has 122 valence electrons. The summed E-state index contributed by atoms with van der Waals surface area (Å²) in [6, 6.07) is 10.0. The Kier molecular flexibility index (Phi) is 5.81. The van der Waals surface area contributed by atoms with Crippen LogP contribution in [-0.4, -0.2) is 26.0 Å². The van der Waals surface area contributed by atoms with Crippen molar-refractivity contribution in [1.29, 1.82) is 5.26 Å². The fourth-order valence-corrected chi connectivity index (χ4v) is 2.96. The Bertz CT molecular complexity index is 610. The number of anilines is 1. The quantitative estimate of drug-likeness (QED) is 0.685. The average molecular weight is 311 g/mol. The number of nitrogens with zero attached hydrogens (tertiary/aromatic N) is 2. The summed E-state index contributed by atoms with van der Waals surface area (Å²) in [5, 5.41) is 12.3. The molecule has 4 nitrogen and oxygen atoms in total. The van der Waals surface area contributed by atoms with Crippen molar-refractivity contribution in [3.63, 3.8) is 0 Å². The van der Waals surface area contributed by atoms with Gasteiger partial charge < -0.3 is 10.2 Å². The normalized spacial score (nSPS) is 21.4. The first-order valence-corrected chi connectivity index (χ1v) is 8.21. The maximum atomic E-state index is 12.4. The number of nitriles is 1. The van der Waals surface area contributed by atoms with E-state index in [9.17, 15) is 10.1 Å². The Morgan fingerprint density at radius 2 is 1.91 bits per heavy atom. The molecule has 1 saturated carbocycles. The first-order chi connectivity index (χ1) is 11.0. The van der Waals surface area contributed by atoms with E-state index in [1.54, 1.807) is 6.08 Å². The van der Waals surface area contributed by atoms with Gasteiger partial charge in [0.2, 0.25) is 0 Å². The third kappa shape index (κ3) is 4.59. The molecule has 4 heteroatoms. The fourth-order valence-electron chi connectivity index (χ4n) is 2.96. The zero-order valence-corrected chi connectivity index (χ0v) is 14.2. The molecule has 0 unspecified atom stereocenters. The summed E-state index contributed by atoms with van der Waals surface area (Å²) < 4.78 is 0. The van der Waals surface area contributed by atoms with Gasteiger partial charge in [-0.15, -0.1) is 0 Å². The summed E-state index contributed by atoms with van der Waals surface area (Å²) in [7, 11) is 3.95. The molecule has 0 bridgehead atoms. The van der Waals surface area contributed by atoms with Gasteiger partial charge in [-0.05, 0) is 42.5 Å². The predicted octanol–water partition coefficient (Wildman–Crippen LogP) is 3.35. The molecule has 1 aliphatic rings. The molecule has 1 aromatic rings. The van der Waals surface area contributed by atoms with Crippen LogP contribution in [0, 0.1) is 17.2 Å². The van der Waals surface area contributed by atoms with Gasteiger partial charge in [0.05, 0.1) is 0 Å². The summed E-state index contributed by atoms with van der Waals surface area (Å²) >= 11 is 0. The monoisotopic (exact) mass is 311 g/mol. The summed E-state index contributed by atoms with van der Waals surface area (Å²) in [5.74, 6) is 0.218. The maximum Gasteiger partial charge on any atom is 0.262 e. The first-order valence-electron chi connectivity index (χ1n) is 8.21. The highest BCUT2D eigenvalue weighted by Crippen LogP contribution is 2.24. The van der Waals surface area contributed by atoms with E-state index in [1.165, 1.54) is 6.42 Å². The first kappa shape index (κ1) is 17.1. The maximum absolute atomic E-state index is 12.4. The molecule has 1 N–H and O–H groups in total. The topological polar surface area (TPSA) is 56.1 Å². The molecule has 0 radical (unpaired) electrons. The van der Waals surface area contributed by atoms with E-state index in [0.29, 0.717) is 5.92 Å². The fraction of sp³-hybridized carbons (Fsp3) is 0.474. The van der Waals surface area contributed by atoms with Crippen molar-refractivity contribution in [2.45, 2.75) is 38.6 Å². The minimum Gasteiger partial charge on any atom is -0.378 e. The molecule has 0 aliphatic heterocycles. The average Bonchev–Trinajstić information content (AvgIpc) is 2.55. The lowest BCUT2D eigenvalue weighted by atomic mass is 9.86. The van der Waals surface area contributed by atoms with Crippen LogP contribution >= 0.6 is 0 Å². The summed E-state index contributed by atoms with van der Waals surface area (Å²) in [6.07, 6.45) is 6.17. The van der Waals surface area contributed by atoms with E-state index >= 15 is 0 Å². The summed E-state index contributed by atoms with van der Waals surface area (Å²) in [4.78, 5) is 14.4. The third-order valence-electron chi connectivity index (χ3n) is 4.51. The zero-order valence-electron chi connectivity index (χ0n) is 14.2. The number of carbonyl (C=O) groups excluding carboxylic acids is 1. The van der Waals surface area contributed by atoms with E-state index < -0.39 is 0 Å². The van der Waals surface area contributed by atoms with E-state index in [4.69, 9.17) is 0 Å². The minimum atomic E-state index is -0.261. The van der Waals surface area contributed by atoms with Gasteiger partial charge in [-0.2, -0.15) is 5.26 Å². The largest absolute Gasteiger partial charge is 0.378 e. The van der Waals surface area contributed by atoms with Gasteiger partial charge in [-0.1, -0.05) is 31.9 Å². The van der Waals surface area contributed by atoms with Crippen LogP contribution in [-0.2, 0) is 4.79 Å². The molecule has 0 aromatic heterocycles. The van der Waals surface area contributed by atoms with Crippen LogP contribution in [0.2, 0.25) is 0 Å². The molecular formula is C19H25N3O. The number of hydrogen-bond acceptors (Lipinski definition) is 3. The van der Waals surface area contributed by atoms with Gasteiger partial charge in [-0.25, -0.2) is 0 Å². The number of amides is 1. The van der Waals surface area contributed by atoms with Crippen LogP contribution in [0.4, 0.5) is 5.69 Å². The van der Waals surface area contributed by atoms with Crippen LogP contribution in [0.25, 0.3) is 6.08 Å². The molecule has 0 saturated heterocycles. The van der Waals surface area contributed by atoms with E-state index in [-0.39, 0.29) is 17.5 Å². The number of rotatable bonds is 4. The Morgan fingerprint density at radius 3 is 2.48 bits per heavy atom. The molecule has 1 fully saturated rings. The Balaban J connectivity index is 2.08. The molecule has 2 rings (SSSR count). The van der Waals surface area contributed by atoms with Crippen molar-refractivity contribution in [3.8, 4) is 6.07 Å². The van der Waals surface area contributed by atoms with Gasteiger partial charge in [0.15, 0.2) is 0 Å². The van der Waals surface area contributed by atoms with Crippen LogP contribution in [0.3, 0.4) is 0 Å². The third-order valence-corrected chi connectivity index (χ3v) is 4.51. The Morgan fingerprint density at radius 1 is 1.26 bits per heavy atom. The molecule has 0 spiro atoms. The van der Waals surface area contributed by atoms with Crippen LogP contribution < -0.4 is 10.2 Å². The van der Waals surface area contributed by atoms with Crippen molar-refractivity contribution in [2.75, 3.05) is 19.0 Å². The number of carbonyl (C=O) groups is 1. The van der Waals surface area contributed by atoms with E-state index in [0.717, 1.165) is 30.5 Å². The van der Waals surface area contributed by atoms with Crippen LogP contribution in [0.15, 0.2) is 29.8 Å². The molecule has 1 amide bonds. The lowest BCUT2D eigenvalue weighted by Crippen LogP contribution is -2.41. The minimum absolute atomic E-state index is 0.167. The second-order valence-corrected chi connectivity index (χ2v) is 6.50. The summed E-state index contributed by atoms with van der Waals surface area (Å²) in [5.41, 5.74) is 2.11. The van der Waals surface area contributed by atoms with Gasteiger partial charge in [0.25, 0.3) is 5.91 Å². The van der Waals surface area contributed by atoms with Crippen molar-refractivity contribution in [2.24, 2.45) is 5.92 Å². The molecule has 1 aliphatic carbocycles. The predicted molar refractivity (Wildman–Crippen MR) is 93.9 cm³/mol. The van der Waals surface area contributed by atoms with Crippen molar-refractivity contribution in [3.05, 3.63) is 35.4 Å². The van der Waals surface area contributed by atoms with Gasteiger partial charge in [0.1, 0.15) is 11.6 Å². The van der Waals surface area contributed by atoms with Gasteiger partial charge in [0, 0.05) is 25.8 Å². The van der Waals surface area contributed by atoms with Crippen LogP contribution in [0.5, 0.6) is 0 Å².